The summed E-state index contributed by atoms with van der Waals surface area (Å²) in [6.07, 6.45) is 3.23. The number of nitrogens with zero attached hydrogens (tertiary/aromatic N) is 5. The van der Waals surface area contributed by atoms with E-state index in [1.54, 1.807) is 28.0 Å². The van der Waals surface area contributed by atoms with Crippen LogP contribution >= 0.6 is 11.6 Å². The Labute approximate surface area is 184 Å². The number of aromatic nitrogens is 5. The molecule has 2 heterocycles. The van der Waals surface area contributed by atoms with Crippen molar-refractivity contribution in [2.24, 2.45) is 0 Å². The second-order valence-corrected chi connectivity index (χ2v) is 7.57. The van der Waals surface area contributed by atoms with E-state index in [-0.39, 0.29) is 18.4 Å². The van der Waals surface area contributed by atoms with Crippen molar-refractivity contribution in [2.45, 2.75) is 27.1 Å². The molecule has 1 amide bonds. The van der Waals surface area contributed by atoms with Gasteiger partial charge in [0.25, 0.3) is 5.91 Å². The maximum Gasteiger partial charge on any atom is 0.278 e. The average molecular weight is 437 g/mol. The molecule has 0 aliphatic heterocycles. The van der Waals surface area contributed by atoms with Crippen molar-refractivity contribution < 1.29 is 9.53 Å². The molecule has 0 aliphatic carbocycles. The highest BCUT2D eigenvalue weighted by Gasteiger charge is 2.13. The molecule has 0 saturated heterocycles. The van der Waals surface area contributed by atoms with Crippen molar-refractivity contribution in [3.63, 3.8) is 0 Å². The summed E-state index contributed by atoms with van der Waals surface area (Å²) < 4.78 is 8.99. The van der Waals surface area contributed by atoms with Crippen LogP contribution in [0.3, 0.4) is 0 Å². The minimum absolute atomic E-state index is 0.198. The first kappa shape index (κ1) is 20.6. The lowest BCUT2D eigenvalue weighted by molar-refractivity contribution is 0.101. The van der Waals surface area contributed by atoms with E-state index in [1.165, 1.54) is 0 Å². The van der Waals surface area contributed by atoms with Crippen molar-refractivity contribution >= 4 is 23.5 Å². The highest BCUT2D eigenvalue weighted by molar-refractivity contribution is 6.30. The summed E-state index contributed by atoms with van der Waals surface area (Å²) in [5.74, 6) is 0.593. The van der Waals surface area contributed by atoms with Crippen LogP contribution in [0.2, 0.25) is 5.02 Å². The third kappa shape index (κ3) is 5.29. The van der Waals surface area contributed by atoms with Crippen LogP contribution in [0.25, 0.3) is 0 Å². The second kappa shape index (κ2) is 9.01. The van der Waals surface area contributed by atoms with Gasteiger partial charge in [-0.25, -0.2) is 14.3 Å². The van der Waals surface area contributed by atoms with Gasteiger partial charge in [-0.3, -0.25) is 10.1 Å². The lowest BCUT2D eigenvalue weighted by Crippen LogP contribution is -2.15. The Morgan fingerprint density at radius 1 is 1.10 bits per heavy atom. The minimum atomic E-state index is -0.397. The van der Waals surface area contributed by atoms with Crippen molar-refractivity contribution in [1.29, 1.82) is 0 Å². The standard InChI is InChI=1S/C22H21ClN6O2/c1-15-6-7-16(2)20(10-15)31-14-28-9-8-19(26-28)21(30)25-22-24-13-29(27-22)12-17-4-3-5-18(23)11-17/h3-11,13H,12,14H2,1-2H3,(H,25,27,30). The number of carbonyl (C=O) groups is 1. The first-order valence-corrected chi connectivity index (χ1v) is 10.0. The Morgan fingerprint density at radius 3 is 2.81 bits per heavy atom. The van der Waals surface area contributed by atoms with Gasteiger partial charge in [0.05, 0.1) is 6.54 Å². The molecule has 4 aromatic rings. The Balaban J connectivity index is 1.35. The van der Waals surface area contributed by atoms with Crippen molar-refractivity contribution in [1.82, 2.24) is 24.5 Å². The predicted octanol–water partition coefficient (Wildman–Crippen LogP) is 4.08. The summed E-state index contributed by atoms with van der Waals surface area (Å²) in [6, 6.07) is 15.1. The van der Waals surface area contributed by atoms with Gasteiger partial charge in [0.2, 0.25) is 5.95 Å². The maximum atomic E-state index is 12.5. The van der Waals surface area contributed by atoms with Crippen molar-refractivity contribution in [3.8, 4) is 5.75 Å². The van der Waals surface area contributed by atoms with Gasteiger partial charge < -0.3 is 4.74 Å². The molecule has 31 heavy (non-hydrogen) atoms. The number of hydrogen-bond acceptors (Lipinski definition) is 5. The molecule has 0 spiro atoms. The van der Waals surface area contributed by atoms with E-state index >= 15 is 0 Å². The van der Waals surface area contributed by atoms with E-state index in [2.05, 4.69) is 20.5 Å². The van der Waals surface area contributed by atoms with E-state index in [9.17, 15) is 4.79 Å². The molecule has 0 bridgehead atoms. The Morgan fingerprint density at radius 2 is 1.97 bits per heavy atom. The zero-order valence-corrected chi connectivity index (χ0v) is 17.9. The van der Waals surface area contributed by atoms with Crippen LogP contribution in [0.4, 0.5) is 5.95 Å². The fourth-order valence-corrected chi connectivity index (χ4v) is 3.18. The number of rotatable bonds is 7. The molecule has 2 aromatic heterocycles. The number of carbonyl (C=O) groups excluding carboxylic acids is 1. The van der Waals surface area contributed by atoms with Crippen LogP contribution in [0.5, 0.6) is 5.75 Å². The number of anilines is 1. The van der Waals surface area contributed by atoms with Crippen LogP contribution in [0.1, 0.15) is 27.2 Å². The summed E-state index contributed by atoms with van der Waals surface area (Å²) in [5.41, 5.74) is 3.38. The number of ether oxygens (including phenoxy) is 1. The van der Waals surface area contributed by atoms with Crippen LogP contribution in [0, 0.1) is 13.8 Å². The molecular weight excluding hydrogens is 416 g/mol. The molecule has 8 nitrogen and oxygen atoms in total. The summed E-state index contributed by atoms with van der Waals surface area (Å²) in [7, 11) is 0. The van der Waals surface area contributed by atoms with Gasteiger partial charge in [0.15, 0.2) is 12.4 Å². The van der Waals surface area contributed by atoms with Gasteiger partial charge in [-0.05, 0) is 54.8 Å². The second-order valence-electron chi connectivity index (χ2n) is 7.13. The topological polar surface area (TPSA) is 86.9 Å². The SMILES string of the molecule is Cc1ccc(C)c(OCn2ccc(C(=O)Nc3ncn(Cc4cccc(Cl)c4)n3)n2)c1. The number of nitrogens with one attached hydrogen (secondary N) is 1. The lowest BCUT2D eigenvalue weighted by Gasteiger charge is -2.09. The number of amides is 1. The van der Waals surface area contributed by atoms with E-state index in [0.29, 0.717) is 11.6 Å². The molecule has 0 fully saturated rings. The number of benzene rings is 2. The Bertz CT molecular complexity index is 1220. The first-order chi connectivity index (χ1) is 15.0. The Hall–Kier alpha value is -3.65. The fourth-order valence-electron chi connectivity index (χ4n) is 2.97. The lowest BCUT2D eigenvalue weighted by atomic mass is 10.1. The molecule has 4 rings (SSSR count). The van der Waals surface area contributed by atoms with Gasteiger partial charge in [-0.2, -0.15) is 5.10 Å². The Kier molecular flexibility index (Phi) is 5.99. The minimum Gasteiger partial charge on any atom is -0.471 e. The summed E-state index contributed by atoms with van der Waals surface area (Å²) in [5, 5.41) is 11.8. The third-order valence-corrected chi connectivity index (χ3v) is 4.80. The molecule has 158 valence electrons. The van der Waals surface area contributed by atoms with Crippen LogP contribution in [0.15, 0.2) is 61.1 Å². The van der Waals surface area contributed by atoms with Gasteiger partial charge in [-0.1, -0.05) is 35.9 Å². The molecular formula is C22H21ClN6O2. The van der Waals surface area contributed by atoms with Gasteiger partial charge >= 0.3 is 0 Å². The highest BCUT2D eigenvalue weighted by atomic mass is 35.5. The monoisotopic (exact) mass is 436 g/mol. The zero-order valence-electron chi connectivity index (χ0n) is 17.1. The average Bonchev–Trinajstić information content (AvgIpc) is 3.38. The summed E-state index contributed by atoms with van der Waals surface area (Å²) in [6.45, 7) is 4.68. The molecule has 0 aliphatic rings. The van der Waals surface area contributed by atoms with Gasteiger partial charge in [0.1, 0.15) is 12.1 Å². The van der Waals surface area contributed by atoms with Crippen LogP contribution in [-0.2, 0) is 13.3 Å². The van der Waals surface area contributed by atoms with Gasteiger partial charge in [0, 0.05) is 11.2 Å². The number of halogens is 1. The number of hydrogen-bond donors (Lipinski definition) is 1. The first-order valence-electron chi connectivity index (χ1n) is 9.65. The molecule has 0 atom stereocenters. The fraction of sp³-hybridized carbons (Fsp3) is 0.182. The van der Waals surface area contributed by atoms with E-state index in [0.717, 1.165) is 22.4 Å². The molecule has 9 heteroatoms. The molecule has 1 N–H and O–H groups in total. The zero-order chi connectivity index (χ0) is 21.8. The smallest absolute Gasteiger partial charge is 0.278 e. The maximum absolute atomic E-state index is 12.5. The van der Waals surface area contributed by atoms with Gasteiger partial charge in [-0.15, -0.1) is 5.10 Å². The summed E-state index contributed by atoms with van der Waals surface area (Å²) >= 11 is 6.01. The van der Waals surface area contributed by atoms with Crippen molar-refractivity contribution in [3.05, 3.63) is 88.5 Å². The molecule has 0 unspecified atom stereocenters. The highest BCUT2D eigenvalue weighted by Crippen LogP contribution is 2.19. The van der Waals surface area contributed by atoms with Crippen LogP contribution < -0.4 is 10.1 Å². The van der Waals surface area contributed by atoms with Crippen molar-refractivity contribution in [2.75, 3.05) is 5.32 Å². The quantitative estimate of drug-likeness (QED) is 0.471. The molecule has 0 saturated carbocycles. The number of aryl methyl sites for hydroxylation is 2. The van der Waals surface area contributed by atoms with E-state index < -0.39 is 5.91 Å². The normalized spacial score (nSPS) is 10.8. The summed E-state index contributed by atoms with van der Waals surface area (Å²) in [4.78, 5) is 16.6. The van der Waals surface area contributed by atoms with E-state index in [4.69, 9.17) is 16.3 Å². The van der Waals surface area contributed by atoms with E-state index in [1.807, 2.05) is 56.3 Å². The van der Waals surface area contributed by atoms with Crippen LogP contribution in [-0.4, -0.2) is 30.5 Å². The predicted molar refractivity (Wildman–Crippen MR) is 117 cm³/mol. The molecule has 2 aromatic carbocycles. The largest absolute Gasteiger partial charge is 0.471 e. The third-order valence-electron chi connectivity index (χ3n) is 4.56. The molecule has 0 radical (unpaired) electrons.